The molecule has 8 heteroatoms. The third kappa shape index (κ3) is 8.28. The molecule has 7 nitrogen and oxygen atoms in total. The SMILES string of the molecule is CCNC(=NCCCC(=O)OC1CCCC1)NC1CCN(c2ccccn2)CC1.I. The highest BCUT2D eigenvalue weighted by atomic mass is 127. The molecule has 168 valence electrons. The topological polar surface area (TPSA) is 78.8 Å². The molecule has 1 aromatic rings. The summed E-state index contributed by atoms with van der Waals surface area (Å²) < 4.78 is 5.51. The van der Waals surface area contributed by atoms with Gasteiger partial charge in [-0.1, -0.05) is 6.07 Å². The van der Waals surface area contributed by atoms with E-state index in [1.54, 1.807) is 0 Å². The van der Waals surface area contributed by atoms with Gasteiger partial charge in [0.2, 0.25) is 0 Å². The molecule has 2 fully saturated rings. The molecule has 1 aromatic heterocycles. The van der Waals surface area contributed by atoms with Crippen molar-refractivity contribution in [2.45, 2.75) is 70.4 Å². The molecular weight excluding hydrogens is 493 g/mol. The van der Waals surface area contributed by atoms with Crippen LogP contribution in [0.25, 0.3) is 0 Å². The van der Waals surface area contributed by atoms with Gasteiger partial charge in [0.25, 0.3) is 0 Å². The van der Waals surface area contributed by atoms with Gasteiger partial charge in [0, 0.05) is 44.8 Å². The molecule has 1 saturated carbocycles. The number of nitrogens with one attached hydrogen (secondary N) is 2. The molecule has 0 unspecified atom stereocenters. The van der Waals surface area contributed by atoms with Crippen molar-refractivity contribution in [1.29, 1.82) is 0 Å². The number of pyridine rings is 1. The summed E-state index contributed by atoms with van der Waals surface area (Å²) in [6.45, 7) is 5.49. The van der Waals surface area contributed by atoms with E-state index in [9.17, 15) is 4.79 Å². The maximum atomic E-state index is 11.9. The molecule has 0 spiro atoms. The van der Waals surface area contributed by atoms with Crippen LogP contribution in [0.5, 0.6) is 0 Å². The van der Waals surface area contributed by atoms with E-state index in [1.165, 1.54) is 12.8 Å². The second-order valence-corrected chi connectivity index (χ2v) is 7.85. The lowest BCUT2D eigenvalue weighted by molar-refractivity contribution is -0.148. The minimum absolute atomic E-state index is 0. The molecule has 2 heterocycles. The molecule has 2 N–H and O–H groups in total. The first-order valence-electron chi connectivity index (χ1n) is 11.1. The Morgan fingerprint density at radius 1 is 1.23 bits per heavy atom. The van der Waals surface area contributed by atoms with E-state index in [-0.39, 0.29) is 36.0 Å². The van der Waals surface area contributed by atoms with Crippen molar-refractivity contribution in [3.8, 4) is 0 Å². The average molecular weight is 529 g/mol. The number of aliphatic imine (C=N–C) groups is 1. The molecule has 0 aromatic carbocycles. The lowest BCUT2D eigenvalue weighted by atomic mass is 10.1. The number of ether oxygens (including phenoxy) is 1. The van der Waals surface area contributed by atoms with Crippen LogP contribution in [0.15, 0.2) is 29.4 Å². The molecular formula is C22H36IN5O2. The number of carbonyl (C=O) groups excluding carboxylic acids is 1. The molecule has 30 heavy (non-hydrogen) atoms. The van der Waals surface area contributed by atoms with Crippen molar-refractivity contribution in [1.82, 2.24) is 15.6 Å². The molecule has 0 amide bonds. The predicted octanol–water partition coefficient (Wildman–Crippen LogP) is 3.49. The Hall–Kier alpha value is -1.58. The van der Waals surface area contributed by atoms with Crippen LogP contribution in [0.1, 0.15) is 58.3 Å². The zero-order valence-corrected chi connectivity index (χ0v) is 20.3. The minimum atomic E-state index is -0.0769. The fourth-order valence-electron chi connectivity index (χ4n) is 3.97. The molecule has 1 saturated heterocycles. The van der Waals surface area contributed by atoms with Gasteiger partial charge in [-0.15, -0.1) is 24.0 Å². The van der Waals surface area contributed by atoms with E-state index in [2.05, 4.69) is 38.5 Å². The summed E-state index contributed by atoms with van der Waals surface area (Å²) in [5.74, 6) is 1.82. The van der Waals surface area contributed by atoms with Crippen molar-refractivity contribution >= 4 is 41.7 Å². The highest BCUT2D eigenvalue weighted by Gasteiger charge is 2.21. The van der Waals surface area contributed by atoms with Crippen molar-refractivity contribution in [2.24, 2.45) is 4.99 Å². The number of anilines is 1. The Kier molecular flexibility index (Phi) is 11.2. The number of guanidine groups is 1. The van der Waals surface area contributed by atoms with Gasteiger partial charge in [-0.25, -0.2) is 4.98 Å². The first-order valence-corrected chi connectivity index (χ1v) is 11.1. The van der Waals surface area contributed by atoms with E-state index in [0.717, 1.165) is 63.5 Å². The summed E-state index contributed by atoms with van der Waals surface area (Å²) in [6.07, 6.45) is 9.68. The van der Waals surface area contributed by atoms with Gasteiger partial charge in [-0.3, -0.25) is 9.79 Å². The first kappa shape index (κ1) is 24.7. The van der Waals surface area contributed by atoms with Crippen LogP contribution >= 0.6 is 24.0 Å². The van der Waals surface area contributed by atoms with Crippen molar-refractivity contribution in [3.63, 3.8) is 0 Å². The van der Waals surface area contributed by atoms with E-state index < -0.39 is 0 Å². The Morgan fingerprint density at radius 3 is 2.67 bits per heavy atom. The fourth-order valence-corrected chi connectivity index (χ4v) is 3.97. The van der Waals surface area contributed by atoms with Crippen molar-refractivity contribution in [2.75, 3.05) is 31.1 Å². The van der Waals surface area contributed by atoms with Crippen LogP contribution in [-0.4, -0.2) is 55.2 Å². The standard InChI is InChI=1S/C22H35N5O2.HI/c1-2-23-22(25-15-7-11-21(28)29-19-8-3-4-9-19)26-18-12-16-27(17-13-18)20-10-5-6-14-24-20;/h5-6,10,14,18-19H,2-4,7-9,11-13,15-17H2,1H3,(H2,23,25,26);1H. The average Bonchev–Trinajstić information content (AvgIpc) is 3.25. The van der Waals surface area contributed by atoms with Gasteiger partial charge in [-0.05, 0) is 64.0 Å². The molecule has 0 atom stereocenters. The number of hydrogen-bond acceptors (Lipinski definition) is 5. The number of piperidine rings is 1. The van der Waals surface area contributed by atoms with Crippen LogP contribution in [0.3, 0.4) is 0 Å². The zero-order chi connectivity index (χ0) is 20.3. The van der Waals surface area contributed by atoms with Gasteiger partial charge in [-0.2, -0.15) is 0 Å². The lowest BCUT2D eigenvalue weighted by Crippen LogP contribution is -2.49. The minimum Gasteiger partial charge on any atom is -0.462 e. The van der Waals surface area contributed by atoms with Crippen molar-refractivity contribution < 1.29 is 9.53 Å². The maximum Gasteiger partial charge on any atom is 0.306 e. The third-order valence-electron chi connectivity index (χ3n) is 5.56. The predicted molar refractivity (Wildman–Crippen MR) is 132 cm³/mol. The summed E-state index contributed by atoms with van der Waals surface area (Å²) >= 11 is 0. The van der Waals surface area contributed by atoms with Crippen LogP contribution in [-0.2, 0) is 9.53 Å². The largest absolute Gasteiger partial charge is 0.462 e. The molecule has 2 aliphatic rings. The van der Waals surface area contributed by atoms with Gasteiger partial charge in [0.05, 0.1) is 0 Å². The number of rotatable bonds is 8. The van der Waals surface area contributed by atoms with Crippen LogP contribution in [0.2, 0.25) is 0 Å². The Labute approximate surface area is 197 Å². The zero-order valence-electron chi connectivity index (χ0n) is 18.0. The summed E-state index contributed by atoms with van der Waals surface area (Å²) in [5.41, 5.74) is 0. The van der Waals surface area contributed by atoms with E-state index in [4.69, 9.17) is 4.74 Å². The molecule has 0 radical (unpaired) electrons. The normalized spacial score (nSPS) is 18.0. The molecule has 1 aliphatic carbocycles. The number of hydrogen-bond donors (Lipinski definition) is 2. The highest BCUT2D eigenvalue weighted by Crippen LogP contribution is 2.21. The van der Waals surface area contributed by atoms with Gasteiger partial charge in [0.15, 0.2) is 5.96 Å². The number of nitrogens with zero attached hydrogens (tertiary/aromatic N) is 3. The maximum absolute atomic E-state index is 11.9. The van der Waals surface area contributed by atoms with Gasteiger partial charge < -0.3 is 20.3 Å². The van der Waals surface area contributed by atoms with Crippen molar-refractivity contribution in [3.05, 3.63) is 24.4 Å². The quantitative estimate of drug-likeness (QED) is 0.177. The number of halogens is 1. The van der Waals surface area contributed by atoms with E-state index in [1.807, 2.05) is 18.3 Å². The van der Waals surface area contributed by atoms with Crippen LogP contribution in [0, 0.1) is 0 Å². The van der Waals surface area contributed by atoms with E-state index in [0.29, 0.717) is 19.0 Å². The second-order valence-electron chi connectivity index (χ2n) is 7.85. The van der Waals surface area contributed by atoms with Gasteiger partial charge >= 0.3 is 5.97 Å². The Balaban J connectivity index is 0.00000320. The molecule has 1 aliphatic heterocycles. The molecule has 3 rings (SSSR count). The number of esters is 1. The fraction of sp³-hybridized carbons (Fsp3) is 0.682. The van der Waals surface area contributed by atoms with E-state index >= 15 is 0 Å². The second kappa shape index (κ2) is 13.7. The lowest BCUT2D eigenvalue weighted by Gasteiger charge is -2.33. The van der Waals surface area contributed by atoms with Crippen LogP contribution < -0.4 is 15.5 Å². The Bertz CT molecular complexity index is 644. The Morgan fingerprint density at radius 2 is 2.00 bits per heavy atom. The number of aromatic nitrogens is 1. The smallest absolute Gasteiger partial charge is 0.306 e. The summed E-state index contributed by atoms with van der Waals surface area (Å²) in [6, 6.07) is 6.45. The third-order valence-corrected chi connectivity index (χ3v) is 5.56. The van der Waals surface area contributed by atoms with Gasteiger partial charge in [0.1, 0.15) is 11.9 Å². The highest BCUT2D eigenvalue weighted by molar-refractivity contribution is 14.0. The van der Waals surface area contributed by atoms with Crippen LogP contribution in [0.4, 0.5) is 5.82 Å². The monoisotopic (exact) mass is 529 g/mol. The molecule has 0 bridgehead atoms. The first-order chi connectivity index (χ1) is 14.2. The summed E-state index contributed by atoms with van der Waals surface area (Å²) in [7, 11) is 0. The number of carbonyl (C=O) groups is 1. The summed E-state index contributed by atoms with van der Waals surface area (Å²) in [5, 5.41) is 6.87. The summed E-state index contributed by atoms with van der Waals surface area (Å²) in [4.78, 5) is 23.3.